The Balaban J connectivity index is 1.69. The van der Waals surface area contributed by atoms with E-state index in [-0.39, 0.29) is 0 Å². The van der Waals surface area contributed by atoms with E-state index in [1.54, 1.807) is 7.11 Å². The van der Waals surface area contributed by atoms with Crippen molar-refractivity contribution in [1.29, 1.82) is 0 Å². The molecule has 0 N–H and O–H groups in total. The number of rotatable bonds is 8. The maximum Gasteiger partial charge on any atom is 0.122 e. The number of benzene rings is 2. The topological polar surface area (TPSA) is 49.2 Å². The molecule has 28 heavy (non-hydrogen) atoms. The Kier molecular flexibility index (Phi) is 5.53. The lowest BCUT2D eigenvalue weighted by Crippen LogP contribution is -2.06. The molecule has 5 heteroatoms. The molecule has 0 radical (unpaired) electrons. The number of pyridine rings is 1. The predicted molar refractivity (Wildman–Crippen MR) is 112 cm³/mol. The molecule has 0 bridgehead atoms. The van der Waals surface area contributed by atoms with E-state index in [0.717, 1.165) is 58.5 Å². The molecule has 2 aromatic heterocycles. The smallest absolute Gasteiger partial charge is 0.122 e. The zero-order valence-electron chi connectivity index (χ0n) is 16.4. The molecule has 0 aliphatic rings. The van der Waals surface area contributed by atoms with E-state index in [4.69, 9.17) is 14.5 Å². The summed E-state index contributed by atoms with van der Waals surface area (Å²) in [6.07, 6.45) is 3.71. The Hall–Kier alpha value is -2.92. The summed E-state index contributed by atoms with van der Waals surface area (Å²) in [6.45, 7) is 4.32. The lowest BCUT2D eigenvalue weighted by Gasteiger charge is -2.10. The molecular formula is C23H25N3O2. The number of methoxy groups -OCH3 is 1. The molecule has 0 saturated heterocycles. The molecule has 0 amide bonds. The van der Waals surface area contributed by atoms with Crippen LogP contribution >= 0.6 is 0 Å². The van der Waals surface area contributed by atoms with Crippen LogP contribution in [-0.2, 0) is 24.3 Å². The summed E-state index contributed by atoms with van der Waals surface area (Å²) in [7, 11) is 1.72. The van der Waals surface area contributed by atoms with Crippen molar-refractivity contribution in [2.45, 2.75) is 32.9 Å². The number of ether oxygens (including phenoxy) is 2. The molecule has 0 atom stereocenters. The molecule has 0 spiro atoms. The van der Waals surface area contributed by atoms with Crippen LogP contribution in [0.3, 0.4) is 0 Å². The van der Waals surface area contributed by atoms with Crippen molar-refractivity contribution >= 4 is 21.9 Å². The third-order valence-electron chi connectivity index (χ3n) is 4.85. The first kappa shape index (κ1) is 18.4. The summed E-state index contributed by atoms with van der Waals surface area (Å²) in [5.74, 6) is 1.88. The van der Waals surface area contributed by atoms with Crippen molar-refractivity contribution < 1.29 is 9.47 Å². The van der Waals surface area contributed by atoms with Gasteiger partial charge < -0.3 is 14.0 Å². The van der Waals surface area contributed by atoms with Gasteiger partial charge in [-0.05, 0) is 24.1 Å². The Bertz CT molecular complexity index is 1070. The molecule has 2 aromatic carbocycles. The maximum absolute atomic E-state index is 5.97. The van der Waals surface area contributed by atoms with Crippen LogP contribution in [0.2, 0.25) is 0 Å². The average Bonchev–Trinajstić information content (AvgIpc) is 3.09. The van der Waals surface area contributed by atoms with E-state index in [1.165, 1.54) is 0 Å². The highest BCUT2D eigenvalue weighted by Crippen LogP contribution is 2.28. The number of aromatic nitrogens is 3. The highest BCUT2D eigenvalue weighted by atomic mass is 16.5. The first-order chi connectivity index (χ1) is 13.8. The summed E-state index contributed by atoms with van der Waals surface area (Å²) in [5.41, 5.74) is 4.15. The summed E-state index contributed by atoms with van der Waals surface area (Å²) in [6, 6.07) is 16.3. The van der Waals surface area contributed by atoms with Gasteiger partial charge in [-0.1, -0.05) is 37.3 Å². The van der Waals surface area contributed by atoms with Crippen molar-refractivity contribution in [3.63, 3.8) is 0 Å². The fourth-order valence-corrected chi connectivity index (χ4v) is 3.52. The molecule has 0 unspecified atom stereocenters. The predicted octanol–water partition coefficient (Wildman–Crippen LogP) is 4.76. The number of aryl methyl sites for hydroxylation is 1. The highest BCUT2D eigenvalue weighted by Gasteiger charge is 2.14. The van der Waals surface area contributed by atoms with E-state index in [9.17, 15) is 0 Å². The number of nitrogens with zero attached hydrogens (tertiary/aromatic N) is 3. The number of hydrogen-bond donors (Lipinski definition) is 0. The van der Waals surface area contributed by atoms with Gasteiger partial charge in [-0.15, -0.1) is 0 Å². The van der Waals surface area contributed by atoms with Gasteiger partial charge in [0.2, 0.25) is 0 Å². The van der Waals surface area contributed by atoms with Gasteiger partial charge in [0.1, 0.15) is 23.7 Å². The lowest BCUT2D eigenvalue weighted by atomic mass is 10.2. The normalized spacial score (nSPS) is 11.4. The zero-order chi connectivity index (χ0) is 19.3. The zero-order valence-corrected chi connectivity index (χ0v) is 16.4. The van der Waals surface area contributed by atoms with Crippen molar-refractivity contribution in [1.82, 2.24) is 14.5 Å². The summed E-state index contributed by atoms with van der Waals surface area (Å²) in [5, 5.41) is 1.11. The van der Waals surface area contributed by atoms with E-state index in [2.05, 4.69) is 34.7 Å². The molecule has 0 saturated carbocycles. The van der Waals surface area contributed by atoms with Crippen molar-refractivity contribution in [2.75, 3.05) is 13.7 Å². The molecule has 4 aromatic rings. The SMILES string of the molecule is CCCn1c(CCOC)nc2cnc3cc(OCc4ccccc4)ccc3c21. The molecular weight excluding hydrogens is 350 g/mol. The molecule has 0 fully saturated rings. The van der Waals surface area contributed by atoms with Crippen LogP contribution in [0.25, 0.3) is 21.9 Å². The fourth-order valence-electron chi connectivity index (χ4n) is 3.52. The standard InChI is InChI=1S/C23H25N3O2/c1-3-12-26-22(11-13-27-2)25-21-15-24-20-14-18(9-10-19(20)23(21)26)28-16-17-7-5-4-6-8-17/h4-10,14-15H,3,11-13,16H2,1-2H3. The van der Waals surface area contributed by atoms with Crippen LogP contribution in [0.15, 0.2) is 54.7 Å². The third-order valence-corrected chi connectivity index (χ3v) is 4.85. The van der Waals surface area contributed by atoms with Crippen LogP contribution in [0.4, 0.5) is 0 Å². The Morgan fingerprint density at radius 3 is 2.68 bits per heavy atom. The molecule has 2 heterocycles. The van der Waals surface area contributed by atoms with Crippen molar-refractivity contribution in [2.24, 2.45) is 0 Å². The molecule has 0 aliphatic carbocycles. The van der Waals surface area contributed by atoms with Gasteiger partial charge in [-0.25, -0.2) is 4.98 Å². The second-order valence-electron chi connectivity index (χ2n) is 6.87. The van der Waals surface area contributed by atoms with Crippen LogP contribution < -0.4 is 4.74 Å². The number of hydrogen-bond acceptors (Lipinski definition) is 4. The summed E-state index contributed by atoms with van der Waals surface area (Å²) >= 11 is 0. The van der Waals surface area contributed by atoms with Gasteiger partial charge in [0, 0.05) is 31.5 Å². The summed E-state index contributed by atoms with van der Waals surface area (Å²) < 4.78 is 13.5. The van der Waals surface area contributed by atoms with Gasteiger partial charge in [0.15, 0.2) is 0 Å². The first-order valence-corrected chi connectivity index (χ1v) is 9.73. The molecule has 144 valence electrons. The lowest BCUT2D eigenvalue weighted by molar-refractivity contribution is 0.199. The Morgan fingerprint density at radius 1 is 1.04 bits per heavy atom. The van der Waals surface area contributed by atoms with Gasteiger partial charge in [-0.2, -0.15) is 0 Å². The largest absolute Gasteiger partial charge is 0.489 e. The fraction of sp³-hybridized carbons (Fsp3) is 0.304. The Morgan fingerprint density at radius 2 is 1.89 bits per heavy atom. The van der Waals surface area contributed by atoms with E-state index < -0.39 is 0 Å². The number of imidazole rings is 1. The summed E-state index contributed by atoms with van der Waals surface area (Å²) in [4.78, 5) is 9.44. The minimum atomic E-state index is 0.545. The highest BCUT2D eigenvalue weighted by molar-refractivity contribution is 6.02. The maximum atomic E-state index is 5.97. The molecule has 5 nitrogen and oxygen atoms in total. The second kappa shape index (κ2) is 8.40. The Labute approximate surface area is 164 Å². The van der Waals surface area contributed by atoms with Crippen LogP contribution in [0.1, 0.15) is 24.7 Å². The minimum absolute atomic E-state index is 0.545. The van der Waals surface area contributed by atoms with Crippen molar-refractivity contribution in [3.05, 3.63) is 66.1 Å². The van der Waals surface area contributed by atoms with Crippen LogP contribution in [0, 0.1) is 0 Å². The number of fused-ring (bicyclic) bond motifs is 3. The first-order valence-electron chi connectivity index (χ1n) is 9.73. The quantitative estimate of drug-likeness (QED) is 0.445. The van der Waals surface area contributed by atoms with Crippen LogP contribution in [-0.4, -0.2) is 28.3 Å². The van der Waals surface area contributed by atoms with Gasteiger partial charge in [0.05, 0.1) is 23.8 Å². The second-order valence-corrected chi connectivity index (χ2v) is 6.87. The van der Waals surface area contributed by atoms with E-state index in [0.29, 0.717) is 13.2 Å². The monoisotopic (exact) mass is 375 g/mol. The van der Waals surface area contributed by atoms with E-state index in [1.807, 2.05) is 36.5 Å². The average molecular weight is 375 g/mol. The van der Waals surface area contributed by atoms with Crippen LogP contribution in [0.5, 0.6) is 5.75 Å². The minimum Gasteiger partial charge on any atom is -0.489 e. The van der Waals surface area contributed by atoms with Gasteiger partial charge in [0.25, 0.3) is 0 Å². The van der Waals surface area contributed by atoms with E-state index >= 15 is 0 Å². The van der Waals surface area contributed by atoms with Crippen molar-refractivity contribution in [3.8, 4) is 5.75 Å². The third kappa shape index (κ3) is 3.71. The molecule has 4 rings (SSSR count). The van der Waals surface area contributed by atoms with Gasteiger partial charge >= 0.3 is 0 Å². The molecule has 0 aliphatic heterocycles. The van der Waals surface area contributed by atoms with Gasteiger partial charge in [-0.3, -0.25) is 4.98 Å².